The van der Waals surface area contributed by atoms with Gasteiger partial charge in [-0.05, 0) is 25.2 Å². The Morgan fingerprint density at radius 1 is 1.47 bits per heavy atom. The molecule has 0 saturated heterocycles. The topological polar surface area (TPSA) is 74.8 Å². The van der Waals surface area contributed by atoms with E-state index < -0.39 is 10.0 Å². The molecule has 1 aliphatic carbocycles. The van der Waals surface area contributed by atoms with E-state index in [1.54, 1.807) is 11.8 Å². The van der Waals surface area contributed by atoms with Gasteiger partial charge in [0, 0.05) is 11.3 Å². The molecule has 1 aromatic rings. The number of rotatable bonds is 4. The molecule has 2 unspecified atom stereocenters. The van der Waals surface area contributed by atoms with Crippen LogP contribution in [0.5, 0.6) is 0 Å². The quantitative estimate of drug-likeness (QED) is 0.870. The fourth-order valence-corrected chi connectivity index (χ4v) is 4.41. The van der Waals surface area contributed by atoms with Crippen molar-refractivity contribution in [2.45, 2.75) is 42.0 Å². The normalized spacial score (nSPS) is 25.9. The van der Waals surface area contributed by atoms with Crippen LogP contribution in [-0.4, -0.2) is 36.2 Å². The molecule has 2 rings (SSSR count). The smallest absolute Gasteiger partial charge is 0.257 e. The van der Waals surface area contributed by atoms with E-state index in [2.05, 4.69) is 14.9 Å². The van der Waals surface area contributed by atoms with Gasteiger partial charge in [0.05, 0.1) is 6.20 Å². The molecule has 1 aliphatic rings. The van der Waals surface area contributed by atoms with E-state index in [4.69, 9.17) is 0 Å². The van der Waals surface area contributed by atoms with Crippen LogP contribution in [0.15, 0.2) is 17.3 Å². The maximum atomic E-state index is 12.0. The number of hydrogen-bond donors (Lipinski definition) is 2. The van der Waals surface area contributed by atoms with E-state index in [1.165, 1.54) is 18.7 Å². The van der Waals surface area contributed by atoms with E-state index >= 15 is 0 Å². The SMILES string of the molecule is CSC1CCCCC1NS(=O)(=O)c1ccn[nH]1. The van der Waals surface area contributed by atoms with Gasteiger partial charge in [-0.3, -0.25) is 5.10 Å². The highest BCUT2D eigenvalue weighted by Crippen LogP contribution is 2.28. The molecule has 1 saturated carbocycles. The minimum absolute atomic E-state index is 0.0343. The van der Waals surface area contributed by atoms with E-state index in [1.807, 2.05) is 6.26 Å². The number of nitrogens with zero attached hydrogens (tertiary/aromatic N) is 1. The second-order valence-electron chi connectivity index (χ2n) is 4.21. The van der Waals surface area contributed by atoms with Crippen molar-refractivity contribution in [1.82, 2.24) is 14.9 Å². The summed E-state index contributed by atoms with van der Waals surface area (Å²) in [4.78, 5) is 0. The highest BCUT2D eigenvalue weighted by molar-refractivity contribution is 7.99. The molecule has 0 amide bonds. The largest absolute Gasteiger partial charge is 0.266 e. The number of nitrogens with one attached hydrogen (secondary N) is 2. The first kappa shape index (κ1) is 12.9. The molecule has 5 nitrogen and oxygen atoms in total. The summed E-state index contributed by atoms with van der Waals surface area (Å²) in [6.45, 7) is 0. The first-order valence-electron chi connectivity index (χ1n) is 5.68. The van der Waals surface area contributed by atoms with Gasteiger partial charge in [-0.15, -0.1) is 0 Å². The Labute approximate surface area is 106 Å². The van der Waals surface area contributed by atoms with Crippen molar-refractivity contribution in [3.05, 3.63) is 12.3 Å². The van der Waals surface area contributed by atoms with Crippen LogP contribution in [0.25, 0.3) is 0 Å². The molecular formula is C10H17N3O2S2. The molecule has 96 valence electrons. The molecule has 2 N–H and O–H groups in total. The molecule has 17 heavy (non-hydrogen) atoms. The van der Waals surface area contributed by atoms with Gasteiger partial charge in [0.25, 0.3) is 10.0 Å². The minimum Gasteiger partial charge on any atom is -0.266 e. The average molecular weight is 275 g/mol. The molecule has 0 aromatic carbocycles. The zero-order chi connectivity index (χ0) is 12.3. The zero-order valence-corrected chi connectivity index (χ0v) is 11.4. The minimum atomic E-state index is -3.44. The number of thioether (sulfide) groups is 1. The summed E-state index contributed by atoms with van der Waals surface area (Å²) in [7, 11) is -3.44. The van der Waals surface area contributed by atoms with Crippen molar-refractivity contribution >= 4 is 21.8 Å². The molecular weight excluding hydrogens is 258 g/mol. The lowest BCUT2D eigenvalue weighted by molar-refractivity contribution is 0.422. The van der Waals surface area contributed by atoms with Crippen LogP contribution in [0.4, 0.5) is 0 Å². The maximum Gasteiger partial charge on any atom is 0.257 e. The standard InChI is InChI=1S/C10H17N3O2S2/c1-16-9-5-3-2-4-8(9)13-17(14,15)10-6-7-11-12-10/h6-9,13H,2-5H2,1H3,(H,11,12). The molecule has 2 atom stereocenters. The summed E-state index contributed by atoms with van der Waals surface area (Å²) in [6.07, 6.45) is 7.76. The van der Waals surface area contributed by atoms with Crippen molar-refractivity contribution in [2.75, 3.05) is 6.26 Å². The summed E-state index contributed by atoms with van der Waals surface area (Å²) in [5, 5.41) is 6.68. The Hall–Kier alpha value is -0.530. The van der Waals surface area contributed by atoms with Gasteiger partial charge in [0.1, 0.15) is 0 Å². The van der Waals surface area contributed by atoms with Crippen molar-refractivity contribution in [3.8, 4) is 0 Å². The van der Waals surface area contributed by atoms with E-state index in [9.17, 15) is 8.42 Å². The average Bonchev–Trinajstić information content (AvgIpc) is 2.83. The molecule has 0 spiro atoms. The number of hydrogen-bond acceptors (Lipinski definition) is 4. The Kier molecular flexibility index (Phi) is 4.11. The lowest BCUT2D eigenvalue weighted by Crippen LogP contribution is -2.43. The Morgan fingerprint density at radius 2 is 2.24 bits per heavy atom. The summed E-state index contributed by atoms with van der Waals surface area (Å²) >= 11 is 1.74. The third-order valence-electron chi connectivity index (χ3n) is 3.08. The molecule has 0 radical (unpaired) electrons. The maximum absolute atomic E-state index is 12.0. The Balaban J connectivity index is 2.09. The van der Waals surface area contributed by atoms with Crippen LogP contribution in [0.1, 0.15) is 25.7 Å². The Morgan fingerprint density at radius 3 is 2.88 bits per heavy atom. The van der Waals surface area contributed by atoms with Crippen LogP contribution in [0.2, 0.25) is 0 Å². The lowest BCUT2D eigenvalue weighted by atomic mass is 9.96. The first-order chi connectivity index (χ1) is 8.13. The Bertz CT molecular complexity index is 444. The summed E-state index contributed by atoms with van der Waals surface area (Å²) in [5.74, 6) is 0. The van der Waals surface area contributed by atoms with Crippen LogP contribution in [0.3, 0.4) is 0 Å². The second-order valence-corrected chi connectivity index (χ2v) is 6.97. The van der Waals surface area contributed by atoms with Crippen molar-refractivity contribution < 1.29 is 8.42 Å². The first-order valence-corrected chi connectivity index (χ1v) is 8.45. The van der Waals surface area contributed by atoms with Gasteiger partial charge in [0.2, 0.25) is 0 Å². The molecule has 1 aromatic heterocycles. The van der Waals surface area contributed by atoms with Crippen LogP contribution >= 0.6 is 11.8 Å². The highest BCUT2D eigenvalue weighted by atomic mass is 32.2. The summed E-state index contributed by atoms with van der Waals surface area (Å²) in [6, 6.07) is 1.51. The van der Waals surface area contributed by atoms with Crippen LogP contribution < -0.4 is 4.72 Å². The molecule has 7 heteroatoms. The van der Waals surface area contributed by atoms with E-state index in [-0.39, 0.29) is 11.1 Å². The van der Waals surface area contributed by atoms with E-state index in [0.29, 0.717) is 5.25 Å². The van der Waals surface area contributed by atoms with Crippen molar-refractivity contribution in [1.29, 1.82) is 0 Å². The van der Waals surface area contributed by atoms with Crippen LogP contribution in [0, 0.1) is 0 Å². The third kappa shape index (κ3) is 3.02. The van der Waals surface area contributed by atoms with Gasteiger partial charge in [-0.25, -0.2) is 13.1 Å². The van der Waals surface area contributed by atoms with Gasteiger partial charge in [0.15, 0.2) is 5.03 Å². The fourth-order valence-electron chi connectivity index (χ4n) is 2.17. The fraction of sp³-hybridized carbons (Fsp3) is 0.700. The highest BCUT2D eigenvalue weighted by Gasteiger charge is 2.29. The number of aromatic amines is 1. The van der Waals surface area contributed by atoms with E-state index in [0.717, 1.165) is 19.3 Å². The molecule has 0 bridgehead atoms. The molecule has 0 aliphatic heterocycles. The van der Waals surface area contributed by atoms with Gasteiger partial charge in [-0.1, -0.05) is 12.8 Å². The number of H-pyrrole nitrogens is 1. The zero-order valence-electron chi connectivity index (χ0n) is 9.72. The molecule has 1 fully saturated rings. The lowest BCUT2D eigenvalue weighted by Gasteiger charge is -2.30. The van der Waals surface area contributed by atoms with Gasteiger partial charge in [-0.2, -0.15) is 16.9 Å². The summed E-state index contributed by atoms with van der Waals surface area (Å²) in [5.41, 5.74) is 0. The monoisotopic (exact) mass is 275 g/mol. The predicted molar refractivity (Wildman–Crippen MR) is 68.5 cm³/mol. The van der Waals surface area contributed by atoms with Crippen molar-refractivity contribution in [2.24, 2.45) is 0 Å². The summed E-state index contributed by atoms with van der Waals surface area (Å²) < 4.78 is 26.8. The predicted octanol–water partition coefficient (Wildman–Crippen LogP) is 1.36. The van der Waals surface area contributed by atoms with Gasteiger partial charge < -0.3 is 0 Å². The van der Waals surface area contributed by atoms with Crippen molar-refractivity contribution in [3.63, 3.8) is 0 Å². The second kappa shape index (κ2) is 5.41. The van der Waals surface area contributed by atoms with Crippen LogP contribution in [-0.2, 0) is 10.0 Å². The third-order valence-corrected chi connectivity index (χ3v) is 5.67. The number of sulfonamides is 1. The molecule has 1 heterocycles. The van der Waals surface area contributed by atoms with Gasteiger partial charge >= 0.3 is 0 Å². The number of aromatic nitrogens is 2.